The summed E-state index contributed by atoms with van der Waals surface area (Å²) in [5, 5.41) is 8.74. The molecule has 0 aliphatic heterocycles. The summed E-state index contributed by atoms with van der Waals surface area (Å²) in [5.74, 6) is 0.332. The van der Waals surface area contributed by atoms with E-state index in [-0.39, 0.29) is 6.61 Å². The molecule has 148 valence electrons. The molecule has 3 aromatic rings. The number of thioether (sulfide) groups is 1. The number of hydrogen-bond acceptors (Lipinski definition) is 3. The lowest BCUT2D eigenvalue weighted by Crippen LogP contribution is -2.09. The number of carboxylic acids is 1. The lowest BCUT2D eigenvalue weighted by atomic mass is 9.98. The van der Waals surface area contributed by atoms with Gasteiger partial charge in [0.05, 0.1) is 4.47 Å². The maximum atomic E-state index is 10.7. The zero-order chi connectivity index (χ0) is 20.6. The normalized spacial score (nSPS) is 11.3. The van der Waals surface area contributed by atoms with Crippen molar-refractivity contribution >= 4 is 61.8 Å². The molecular weight excluding hydrogens is 563 g/mol. The highest BCUT2D eigenvalue weighted by molar-refractivity contribution is 14.1. The number of carbonyl (C=O) groups is 1. The lowest BCUT2D eigenvalue weighted by molar-refractivity contribution is -0.139. The van der Waals surface area contributed by atoms with Crippen molar-refractivity contribution in [3.63, 3.8) is 0 Å². The van der Waals surface area contributed by atoms with Crippen LogP contribution in [0.3, 0.4) is 0 Å². The number of rotatable bonds is 8. The van der Waals surface area contributed by atoms with Gasteiger partial charge in [-0.05, 0) is 85.6 Å². The Kier molecular flexibility index (Phi) is 8.20. The average Bonchev–Trinajstić information content (AvgIpc) is 2.72. The average molecular weight is 581 g/mol. The quantitative estimate of drug-likeness (QED) is 0.237. The molecule has 0 aliphatic rings. The Hall–Kier alpha value is -1.77. The van der Waals surface area contributed by atoms with Crippen molar-refractivity contribution in [2.75, 3.05) is 12.4 Å². The van der Waals surface area contributed by atoms with Gasteiger partial charge in [-0.3, -0.25) is 0 Å². The Labute approximate surface area is 196 Å². The van der Waals surface area contributed by atoms with Crippen molar-refractivity contribution in [1.29, 1.82) is 0 Å². The van der Waals surface area contributed by atoms with Crippen molar-refractivity contribution in [3.8, 4) is 5.75 Å². The molecule has 0 aromatic heterocycles. The van der Waals surface area contributed by atoms with E-state index in [2.05, 4.69) is 93.1 Å². The second kappa shape index (κ2) is 10.8. The van der Waals surface area contributed by atoms with Gasteiger partial charge < -0.3 is 9.84 Å². The van der Waals surface area contributed by atoms with E-state index in [0.29, 0.717) is 5.75 Å². The third-order valence-electron chi connectivity index (χ3n) is 4.03. The zero-order valence-electron chi connectivity index (χ0n) is 15.3. The van der Waals surface area contributed by atoms with E-state index in [4.69, 9.17) is 9.84 Å². The second-order valence-corrected chi connectivity index (χ2v) is 9.27. The Bertz CT molecular complexity index is 1000. The summed E-state index contributed by atoms with van der Waals surface area (Å²) in [5.41, 5.74) is 3.58. The van der Waals surface area contributed by atoms with E-state index in [1.54, 1.807) is 17.8 Å². The molecule has 3 nitrogen and oxygen atoms in total. The fraction of sp³-hybridized carbons (Fsp3) is 0.0870. The van der Waals surface area contributed by atoms with Gasteiger partial charge in [0.25, 0.3) is 0 Å². The van der Waals surface area contributed by atoms with Crippen LogP contribution in [0.5, 0.6) is 5.75 Å². The van der Waals surface area contributed by atoms with Crippen LogP contribution in [0, 0.1) is 3.57 Å². The van der Waals surface area contributed by atoms with Crippen LogP contribution in [0.4, 0.5) is 0 Å². The van der Waals surface area contributed by atoms with Crippen molar-refractivity contribution < 1.29 is 14.6 Å². The van der Waals surface area contributed by atoms with Crippen LogP contribution in [0.1, 0.15) is 11.1 Å². The minimum Gasteiger partial charge on any atom is -0.481 e. The number of ether oxygens (including phenoxy) is 1. The molecule has 0 saturated heterocycles. The van der Waals surface area contributed by atoms with Crippen LogP contribution in [0.2, 0.25) is 0 Å². The molecule has 0 atom stereocenters. The van der Waals surface area contributed by atoms with E-state index in [1.807, 2.05) is 18.2 Å². The molecule has 3 rings (SSSR count). The second-order valence-electron chi connectivity index (χ2n) is 6.08. The van der Waals surface area contributed by atoms with Gasteiger partial charge >= 0.3 is 5.97 Å². The van der Waals surface area contributed by atoms with Gasteiger partial charge in [-0.15, -0.1) is 11.8 Å². The first-order valence-corrected chi connectivity index (χ1v) is 11.7. The first kappa shape index (κ1) is 21.9. The predicted molar refractivity (Wildman–Crippen MR) is 131 cm³/mol. The van der Waals surface area contributed by atoms with Gasteiger partial charge in [0, 0.05) is 14.2 Å². The van der Waals surface area contributed by atoms with Crippen molar-refractivity contribution in [2.45, 2.75) is 4.90 Å². The molecule has 1 N–H and O–H groups in total. The molecule has 0 spiro atoms. The van der Waals surface area contributed by atoms with Gasteiger partial charge in [-0.25, -0.2) is 4.79 Å². The summed E-state index contributed by atoms with van der Waals surface area (Å²) in [6, 6.07) is 24.6. The first-order chi connectivity index (χ1) is 14.0. The standard InChI is InChI=1S/C23H18BrIO3S/c24-21-14-19(10-11-22(21)28-15-23(26)27)29-13-12-20(16-4-2-1-3-5-16)17-6-8-18(25)9-7-17/h1-12,14H,13,15H2,(H,26,27). The molecule has 0 saturated carbocycles. The van der Waals surface area contributed by atoms with Gasteiger partial charge in [-0.2, -0.15) is 0 Å². The maximum absolute atomic E-state index is 10.7. The van der Waals surface area contributed by atoms with Gasteiger partial charge in [0.2, 0.25) is 0 Å². The predicted octanol–water partition coefficient (Wildman–Crippen LogP) is 6.74. The van der Waals surface area contributed by atoms with E-state index >= 15 is 0 Å². The van der Waals surface area contributed by atoms with Crippen LogP contribution in [0.15, 0.2) is 88.2 Å². The van der Waals surface area contributed by atoms with Crippen molar-refractivity contribution in [1.82, 2.24) is 0 Å². The van der Waals surface area contributed by atoms with Gasteiger partial charge in [0.15, 0.2) is 6.61 Å². The molecule has 29 heavy (non-hydrogen) atoms. The van der Waals surface area contributed by atoms with E-state index < -0.39 is 5.97 Å². The molecule has 0 radical (unpaired) electrons. The van der Waals surface area contributed by atoms with Crippen LogP contribution in [0.25, 0.3) is 5.57 Å². The summed E-state index contributed by atoms with van der Waals surface area (Å²) < 4.78 is 7.21. The summed E-state index contributed by atoms with van der Waals surface area (Å²) in [6.07, 6.45) is 2.24. The molecule has 3 aromatic carbocycles. The number of aliphatic carboxylic acids is 1. The number of hydrogen-bond donors (Lipinski definition) is 1. The van der Waals surface area contributed by atoms with Crippen LogP contribution in [-0.2, 0) is 4.79 Å². The van der Waals surface area contributed by atoms with Crippen molar-refractivity contribution in [3.05, 3.63) is 98.0 Å². The monoisotopic (exact) mass is 580 g/mol. The van der Waals surface area contributed by atoms with E-state index in [0.717, 1.165) is 15.1 Å². The smallest absolute Gasteiger partial charge is 0.341 e. The largest absolute Gasteiger partial charge is 0.481 e. The summed E-state index contributed by atoms with van der Waals surface area (Å²) in [6.45, 7) is -0.357. The van der Waals surface area contributed by atoms with Crippen molar-refractivity contribution in [2.24, 2.45) is 0 Å². The molecule has 0 amide bonds. The first-order valence-electron chi connectivity index (χ1n) is 8.81. The fourth-order valence-corrected chi connectivity index (χ4v) is 4.51. The number of carboxylic acid groups (broad SMARTS) is 1. The summed E-state index contributed by atoms with van der Waals surface area (Å²) in [4.78, 5) is 11.7. The zero-order valence-corrected chi connectivity index (χ0v) is 19.9. The minimum absolute atomic E-state index is 0.357. The lowest BCUT2D eigenvalue weighted by Gasteiger charge is -2.10. The Morgan fingerprint density at radius 1 is 1.03 bits per heavy atom. The van der Waals surface area contributed by atoms with E-state index in [9.17, 15) is 4.79 Å². The van der Waals surface area contributed by atoms with Gasteiger partial charge in [0.1, 0.15) is 5.75 Å². The van der Waals surface area contributed by atoms with Crippen LogP contribution in [-0.4, -0.2) is 23.4 Å². The third kappa shape index (κ3) is 6.62. The minimum atomic E-state index is -0.996. The highest BCUT2D eigenvalue weighted by Crippen LogP contribution is 2.31. The molecule has 0 aliphatic carbocycles. The Morgan fingerprint density at radius 3 is 2.38 bits per heavy atom. The fourth-order valence-electron chi connectivity index (χ4n) is 2.70. The number of halogens is 2. The SMILES string of the molecule is O=C(O)COc1ccc(SCC=C(c2ccccc2)c2ccc(I)cc2)cc1Br. The highest BCUT2D eigenvalue weighted by atomic mass is 127. The molecular formula is C23H18BrIO3S. The third-order valence-corrected chi connectivity index (χ3v) is 6.29. The summed E-state index contributed by atoms with van der Waals surface area (Å²) in [7, 11) is 0. The number of benzene rings is 3. The van der Waals surface area contributed by atoms with E-state index in [1.165, 1.54) is 20.3 Å². The Balaban J connectivity index is 1.75. The van der Waals surface area contributed by atoms with Crippen LogP contribution < -0.4 is 4.74 Å². The molecule has 6 heteroatoms. The molecule has 0 heterocycles. The molecule has 0 bridgehead atoms. The molecule has 0 unspecified atom stereocenters. The molecule has 0 fully saturated rings. The Morgan fingerprint density at radius 2 is 1.72 bits per heavy atom. The van der Waals surface area contributed by atoms with Gasteiger partial charge in [-0.1, -0.05) is 48.5 Å². The van der Waals surface area contributed by atoms with Crippen LogP contribution >= 0.6 is 50.3 Å². The maximum Gasteiger partial charge on any atom is 0.341 e. The summed E-state index contributed by atoms with van der Waals surface area (Å²) >= 11 is 7.47. The topological polar surface area (TPSA) is 46.5 Å². The highest BCUT2D eigenvalue weighted by Gasteiger charge is 2.07.